The molecule has 0 aromatic heterocycles. The molecule has 0 saturated heterocycles. The zero-order chi connectivity index (χ0) is 11.5. The first-order chi connectivity index (χ1) is 7.20. The van der Waals surface area contributed by atoms with Crippen LogP contribution < -0.4 is 5.32 Å². The third-order valence-electron chi connectivity index (χ3n) is 2.24. The molecule has 0 rings (SSSR count). The Labute approximate surface area is 93.0 Å². The minimum atomic E-state index is -0.0115. The molecule has 1 amide bonds. The molecule has 90 valence electrons. The summed E-state index contributed by atoms with van der Waals surface area (Å²) in [6.07, 6.45) is 2.13. The lowest BCUT2D eigenvalue weighted by atomic mass is 10.3. The SMILES string of the molecule is CCCCNC(=O)COCCN(C)CC. The highest BCUT2D eigenvalue weighted by Crippen LogP contribution is 1.84. The van der Waals surface area contributed by atoms with Crippen LogP contribution in [0.25, 0.3) is 0 Å². The molecule has 4 nitrogen and oxygen atoms in total. The zero-order valence-electron chi connectivity index (χ0n) is 10.2. The van der Waals surface area contributed by atoms with Crippen LogP contribution in [0.5, 0.6) is 0 Å². The number of amides is 1. The minimum absolute atomic E-state index is 0.0115. The fourth-order valence-corrected chi connectivity index (χ4v) is 0.999. The molecule has 0 atom stereocenters. The van der Waals surface area contributed by atoms with E-state index in [9.17, 15) is 4.79 Å². The van der Waals surface area contributed by atoms with Crippen molar-refractivity contribution in [3.05, 3.63) is 0 Å². The van der Waals surface area contributed by atoms with E-state index in [0.29, 0.717) is 6.61 Å². The molecule has 0 unspecified atom stereocenters. The molecule has 1 N–H and O–H groups in total. The van der Waals surface area contributed by atoms with Gasteiger partial charge >= 0.3 is 0 Å². The van der Waals surface area contributed by atoms with Crippen molar-refractivity contribution in [2.75, 3.05) is 39.9 Å². The molecular weight excluding hydrogens is 192 g/mol. The van der Waals surface area contributed by atoms with Crippen LogP contribution >= 0.6 is 0 Å². The number of carbonyl (C=O) groups excluding carboxylic acids is 1. The maximum absolute atomic E-state index is 11.2. The maximum atomic E-state index is 11.2. The van der Waals surface area contributed by atoms with E-state index in [1.54, 1.807) is 0 Å². The van der Waals surface area contributed by atoms with Crippen LogP contribution in [0.15, 0.2) is 0 Å². The highest BCUT2D eigenvalue weighted by atomic mass is 16.5. The van der Waals surface area contributed by atoms with E-state index in [0.717, 1.165) is 32.5 Å². The lowest BCUT2D eigenvalue weighted by Crippen LogP contribution is -2.30. The number of nitrogens with zero attached hydrogens (tertiary/aromatic N) is 1. The summed E-state index contributed by atoms with van der Waals surface area (Å²) < 4.78 is 5.24. The van der Waals surface area contributed by atoms with Crippen molar-refractivity contribution in [1.29, 1.82) is 0 Å². The Morgan fingerprint density at radius 3 is 2.73 bits per heavy atom. The first kappa shape index (κ1) is 14.4. The molecule has 0 fully saturated rings. The summed E-state index contributed by atoms with van der Waals surface area (Å²) in [6.45, 7) is 7.63. The second-order valence-electron chi connectivity index (χ2n) is 3.65. The Kier molecular flexibility index (Phi) is 9.52. The molecule has 0 spiro atoms. The van der Waals surface area contributed by atoms with Crippen LogP contribution in [0.1, 0.15) is 26.7 Å². The molecule has 0 aromatic rings. The van der Waals surface area contributed by atoms with Gasteiger partial charge in [-0.25, -0.2) is 0 Å². The van der Waals surface area contributed by atoms with Gasteiger partial charge in [-0.3, -0.25) is 4.79 Å². The van der Waals surface area contributed by atoms with Crippen LogP contribution in [-0.4, -0.2) is 50.7 Å². The fourth-order valence-electron chi connectivity index (χ4n) is 0.999. The summed E-state index contributed by atoms with van der Waals surface area (Å²) in [5, 5.41) is 2.81. The van der Waals surface area contributed by atoms with Crippen LogP contribution in [0.3, 0.4) is 0 Å². The van der Waals surface area contributed by atoms with Gasteiger partial charge in [0.05, 0.1) is 6.61 Å². The van der Waals surface area contributed by atoms with Crippen LogP contribution in [0.2, 0.25) is 0 Å². The second-order valence-corrected chi connectivity index (χ2v) is 3.65. The number of rotatable bonds is 9. The number of nitrogens with one attached hydrogen (secondary N) is 1. The molecule has 0 radical (unpaired) electrons. The fraction of sp³-hybridized carbons (Fsp3) is 0.909. The van der Waals surface area contributed by atoms with Crippen LogP contribution in [0, 0.1) is 0 Å². The monoisotopic (exact) mass is 216 g/mol. The van der Waals surface area contributed by atoms with Gasteiger partial charge in [0, 0.05) is 13.1 Å². The van der Waals surface area contributed by atoms with E-state index in [4.69, 9.17) is 4.74 Å². The van der Waals surface area contributed by atoms with E-state index in [1.807, 2.05) is 7.05 Å². The molecule has 15 heavy (non-hydrogen) atoms. The van der Waals surface area contributed by atoms with Crippen molar-refractivity contribution in [2.24, 2.45) is 0 Å². The molecule has 0 aromatic carbocycles. The first-order valence-electron chi connectivity index (χ1n) is 5.73. The standard InChI is InChI=1S/C11H24N2O2/c1-4-6-7-12-11(14)10-15-9-8-13(3)5-2/h4-10H2,1-3H3,(H,12,14). The third kappa shape index (κ3) is 9.69. The summed E-state index contributed by atoms with van der Waals surface area (Å²) in [4.78, 5) is 13.3. The van der Waals surface area contributed by atoms with E-state index in [2.05, 4.69) is 24.1 Å². The number of unbranched alkanes of at least 4 members (excludes halogenated alkanes) is 1. The molecule has 0 bridgehead atoms. The van der Waals surface area contributed by atoms with Crippen molar-refractivity contribution < 1.29 is 9.53 Å². The molecule has 0 aliphatic carbocycles. The van der Waals surface area contributed by atoms with E-state index in [1.165, 1.54) is 0 Å². The van der Waals surface area contributed by atoms with E-state index in [-0.39, 0.29) is 12.5 Å². The largest absolute Gasteiger partial charge is 0.370 e. The normalized spacial score (nSPS) is 10.7. The summed E-state index contributed by atoms with van der Waals surface area (Å²) in [7, 11) is 2.03. The number of carbonyl (C=O) groups is 1. The predicted molar refractivity (Wildman–Crippen MR) is 61.9 cm³/mol. The Hall–Kier alpha value is -0.610. The van der Waals surface area contributed by atoms with Crippen molar-refractivity contribution >= 4 is 5.91 Å². The molecular formula is C11H24N2O2. The highest BCUT2D eigenvalue weighted by molar-refractivity contribution is 5.77. The van der Waals surface area contributed by atoms with Gasteiger partial charge in [-0.15, -0.1) is 0 Å². The van der Waals surface area contributed by atoms with Gasteiger partial charge in [-0.1, -0.05) is 20.3 Å². The Morgan fingerprint density at radius 2 is 2.13 bits per heavy atom. The maximum Gasteiger partial charge on any atom is 0.245 e. The summed E-state index contributed by atoms with van der Waals surface area (Å²) in [5.74, 6) is -0.0115. The molecule has 0 aliphatic rings. The van der Waals surface area contributed by atoms with Crippen LogP contribution in [-0.2, 0) is 9.53 Å². The smallest absolute Gasteiger partial charge is 0.245 e. The molecule has 0 heterocycles. The number of hydrogen-bond donors (Lipinski definition) is 1. The van der Waals surface area contributed by atoms with Gasteiger partial charge in [0.25, 0.3) is 0 Å². The molecule has 0 saturated carbocycles. The summed E-state index contributed by atoms with van der Waals surface area (Å²) in [6, 6.07) is 0. The zero-order valence-corrected chi connectivity index (χ0v) is 10.2. The third-order valence-corrected chi connectivity index (χ3v) is 2.24. The summed E-state index contributed by atoms with van der Waals surface area (Å²) in [5.41, 5.74) is 0. The van der Waals surface area contributed by atoms with Gasteiger partial charge in [-0.05, 0) is 20.0 Å². The van der Waals surface area contributed by atoms with Gasteiger partial charge < -0.3 is 15.0 Å². The first-order valence-corrected chi connectivity index (χ1v) is 5.73. The average Bonchev–Trinajstić information content (AvgIpc) is 2.24. The Morgan fingerprint density at radius 1 is 1.40 bits per heavy atom. The van der Waals surface area contributed by atoms with E-state index < -0.39 is 0 Å². The Bertz CT molecular complexity index is 163. The van der Waals surface area contributed by atoms with E-state index >= 15 is 0 Å². The average molecular weight is 216 g/mol. The number of ether oxygens (including phenoxy) is 1. The Balaban J connectivity index is 3.23. The van der Waals surface area contributed by atoms with Gasteiger partial charge in [0.1, 0.15) is 6.61 Å². The molecule has 4 heteroatoms. The van der Waals surface area contributed by atoms with Crippen molar-refractivity contribution in [3.63, 3.8) is 0 Å². The van der Waals surface area contributed by atoms with Crippen molar-refractivity contribution in [2.45, 2.75) is 26.7 Å². The topological polar surface area (TPSA) is 41.6 Å². The quantitative estimate of drug-likeness (QED) is 0.582. The predicted octanol–water partition coefficient (Wildman–Crippen LogP) is 0.871. The number of hydrogen-bond acceptors (Lipinski definition) is 3. The molecule has 0 aliphatic heterocycles. The van der Waals surface area contributed by atoms with Gasteiger partial charge in [0.15, 0.2) is 0 Å². The van der Waals surface area contributed by atoms with Crippen molar-refractivity contribution in [1.82, 2.24) is 10.2 Å². The lowest BCUT2D eigenvalue weighted by Gasteiger charge is -2.13. The summed E-state index contributed by atoms with van der Waals surface area (Å²) >= 11 is 0. The van der Waals surface area contributed by atoms with Gasteiger partial charge in [0.2, 0.25) is 5.91 Å². The van der Waals surface area contributed by atoms with Crippen LogP contribution in [0.4, 0.5) is 0 Å². The lowest BCUT2D eigenvalue weighted by molar-refractivity contribution is -0.125. The number of likely N-dealkylation sites (N-methyl/N-ethyl adjacent to an activating group) is 1. The van der Waals surface area contributed by atoms with Crippen molar-refractivity contribution in [3.8, 4) is 0 Å². The van der Waals surface area contributed by atoms with Gasteiger partial charge in [-0.2, -0.15) is 0 Å². The highest BCUT2D eigenvalue weighted by Gasteiger charge is 2.00. The second kappa shape index (κ2) is 9.93. The minimum Gasteiger partial charge on any atom is -0.370 e.